The minimum Gasteiger partial charge on any atom is -0.497 e. The Morgan fingerprint density at radius 1 is 1.43 bits per heavy atom. The van der Waals surface area contributed by atoms with Crippen molar-refractivity contribution in [1.82, 2.24) is 0 Å². The molecule has 0 amide bonds. The van der Waals surface area contributed by atoms with Gasteiger partial charge < -0.3 is 10.5 Å². The van der Waals surface area contributed by atoms with E-state index >= 15 is 0 Å². The smallest absolute Gasteiger partial charge is 0.118 e. The highest BCUT2D eigenvalue weighted by Crippen LogP contribution is 2.12. The number of halogens is 1. The predicted octanol–water partition coefficient (Wildman–Crippen LogP) is 2.05. The summed E-state index contributed by atoms with van der Waals surface area (Å²) in [6.45, 7) is -0.0316. The van der Waals surface area contributed by atoms with Crippen molar-refractivity contribution < 1.29 is 9.13 Å². The van der Waals surface area contributed by atoms with Crippen molar-refractivity contribution in [3.8, 4) is 5.75 Å². The molecule has 0 saturated heterocycles. The van der Waals surface area contributed by atoms with Crippen LogP contribution in [0.5, 0.6) is 5.75 Å². The maximum Gasteiger partial charge on any atom is 0.118 e. The molecule has 2 nitrogen and oxygen atoms in total. The Balaban J connectivity index is 2.60. The summed E-state index contributed by atoms with van der Waals surface area (Å²) in [6.07, 6.45) is 2.05. The fourth-order valence-electron chi connectivity index (χ4n) is 1.07. The summed E-state index contributed by atoms with van der Waals surface area (Å²) in [7, 11) is 1.61. The van der Waals surface area contributed by atoms with Crippen LogP contribution in [-0.2, 0) is 6.42 Å². The quantitative estimate of drug-likeness (QED) is 0.798. The summed E-state index contributed by atoms with van der Waals surface area (Å²) in [6, 6.07) is 7.51. The van der Waals surface area contributed by atoms with E-state index in [0.717, 1.165) is 11.3 Å². The van der Waals surface area contributed by atoms with Crippen LogP contribution in [0, 0.1) is 0 Å². The molecule has 1 aromatic rings. The first-order valence-electron chi connectivity index (χ1n) is 4.44. The highest BCUT2D eigenvalue weighted by molar-refractivity contribution is 5.28. The zero-order chi connectivity index (χ0) is 10.4. The molecular formula is C11H14FNO. The number of nitrogens with two attached hydrogens (primary N) is 1. The van der Waals surface area contributed by atoms with Crippen molar-refractivity contribution in [2.24, 2.45) is 5.73 Å². The lowest BCUT2D eigenvalue weighted by atomic mass is 10.1. The number of ether oxygens (including phenoxy) is 1. The molecule has 0 bridgehead atoms. The van der Waals surface area contributed by atoms with E-state index in [0.29, 0.717) is 6.42 Å². The predicted molar refractivity (Wildman–Crippen MR) is 54.9 cm³/mol. The number of hydrogen-bond donors (Lipinski definition) is 1. The molecule has 0 spiro atoms. The van der Waals surface area contributed by atoms with Crippen molar-refractivity contribution >= 4 is 0 Å². The molecule has 76 valence electrons. The fourth-order valence-corrected chi connectivity index (χ4v) is 1.07. The number of methoxy groups -OCH3 is 1. The Morgan fingerprint density at radius 2 is 2.07 bits per heavy atom. The third kappa shape index (κ3) is 3.18. The van der Waals surface area contributed by atoms with E-state index in [4.69, 9.17) is 10.5 Å². The maximum atomic E-state index is 12.7. The van der Waals surface area contributed by atoms with Gasteiger partial charge in [0.05, 0.1) is 7.11 Å². The summed E-state index contributed by atoms with van der Waals surface area (Å²) >= 11 is 0. The van der Waals surface area contributed by atoms with E-state index in [1.54, 1.807) is 7.11 Å². The first kappa shape index (κ1) is 10.7. The van der Waals surface area contributed by atoms with Crippen LogP contribution in [0.25, 0.3) is 0 Å². The summed E-state index contributed by atoms with van der Waals surface area (Å²) in [5, 5.41) is 0. The van der Waals surface area contributed by atoms with Crippen LogP contribution < -0.4 is 10.5 Å². The third-order valence-corrected chi connectivity index (χ3v) is 1.91. The molecule has 0 aromatic heterocycles. The van der Waals surface area contributed by atoms with Gasteiger partial charge in [-0.3, -0.25) is 0 Å². The second kappa shape index (κ2) is 5.40. The summed E-state index contributed by atoms with van der Waals surface area (Å²) in [5.74, 6) is 0.526. The molecule has 14 heavy (non-hydrogen) atoms. The van der Waals surface area contributed by atoms with Crippen LogP contribution in [0.4, 0.5) is 4.39 Å². The molecule has 0 heterocycles. The molecule has 0 saturated carbocycles. The average molecular weight is 195 g/mol. The highest BCUT2D eigenvalue weighted by atomic mass is 19.1. The zero-order valence-corrected chi connectivity index (χ0v) is 8.16. The van der Waals surface area contributed by atoms with Gasteiger partial charge in [-0.25, -0.2) is 4.39 Å². The van der Waals surface area contributed by atoms with Crippen LogP contribution in [-0.4, -0.2) is 13.7 Å². The van der Waals surface area contributed by atoms with Gasteiger partial charge in [0.15, 0.2) is 0 Å². The topological polar surface area (TPSA) is 35.2 Å². The van der Waals surface area contributed by atoms with Crippen LogP contribution in [0.2, 0.25) is 0 Å². The van der Waals surface area contributed by atoms with Gasteiger partial charge in [-0.2, -0.15) is 0 Å². The molecule has 0 fully saturated rings. The molecule has 1 rings (SSSR count). The van der Waals surface area contributed by atoms with E-state index < -0.39 is 0 Å². The van der Waals surface area contributed by atoms with Crippen molar-refractivity contribution in [2.75, 3.05) is 13.7 Å². The van der Waals surface area contributed by atoms with Gasteiger partial charge in [-0.15, -0.1) is 0 Å². The van der Waals surface area contributed by atoms with Crippen LogP contribution >= 0.6 is 0 Å². The molecule has 0 aliphatic carbocycles. The van der Waals surface area contributed by atoms with E-state index in [1.165, 1.54) is 6.08 Å². The Bertz CT molecular complexity index is 306. The summed E-state index contributed by atoms with van der Waals surface area (Å²) in [4.78, 5) is 0. The lowest BCUT2D eigenvalue weighted by Gasteiger charge is -2.00. The number of benzene rings is 1. The van der Waals surface area contributed by atoms with E-state index in [2.05, 4.69) is 0 Å². The maximum absolute atomic E-state index is 12.7. The lowest BCUT2D eigenvalue weighted by molar-refractivity contribution is 0.414. The molecule has 3 heteroatoms. The normalized spacial score (nSPS) is 11.5. The Kier molecular flexibility index (Phi) is 4.13. The fraction of sp³-hybridized carbons (Fsp3) is 0.273. The second-order valence-electron chi connectivity index (χ2n) is 2.91. The number of allylic oxidation sites excluding steroid dienone is 1. The van der Waals surface area contributed by atoms with Crippen LogP contribution in [0.15, 0.2) is 36.2 Å². The Morgan fingerprint density at radius 3 is 2.57 bits per heavy atom. The highest BCUT2D eigenvalue weighted by Gasteiger charge is 1.94. The molecule has 1 aromatic carbocycles. The lowest BCUT2D eigenvalue weighted by Crippen LogP contribution is -1.99. The van der Waals surface area contributed by atoms with Gasteiger partial charge >= 0.3 is 0 Å². The van der Waals surface area contributed by atoms with Crippen molar-refractivity contribution in [1.29, 1.82) is 0 Å². The monoisotopic (exact) mass is 195 g/mol. The molecular weight excluding hydrogens is 181 g/mol. The Hall–Kier alpha value is -1.35. The largest absolute Gasteiger partial charge is 0.497 e. The summed E-state index contributed by atoms with van der Waals surface area (Å²) in [5.41, 5.74) is 6.16. The average Bonchev–Trinajstić information content (AvgIpc) is 2.26. The van der Waals surface area contributed by atoms with Gasteiger partial charge in [-0.05, 0) is 30.2 Å². The van der Waals surface area contributed by atoms with Gasteiger partial charge in [0.1, 0.15) is 11.6 Å². The number of hydrogen-bond acceptors (Lipinski definition) is 2. The summed E-state index contributed by atoms with van der Waals surface area (Å²) < 4.78 is 17.7. The Labute approximate surface area is 83.2 Å². The molecule has 0 radical (unpaired) electrons. The SMILES string of the molecule is COc1ccc(C/C=C(\F)CN)cc1. The van der Waals surface area contributed by atoms with Crippen molar-refractivity contribution in [3.63, 3.8) is 0 Å². The van der Waals surface area contributed by atoms with Crippen molar-refractivity contribution in [2.45, 2.75) is 6.42 Å². The molecule has 0 atom stereocenters. The molecule has 0 aliphatic rings. The van der Waals surface area contributed by atoms with E-state index in [-0.39, 0.29) is 12.4 Å². The van der Waals surface area contributed by atoms with Crippen molar-refractivity contribution in [3.05, 3.63) is 41.7 Å². The van der Waals surface area contributed by atoms with E-state index in [9.17, 15) is 4.39 Å². The van der Waals surface area contributed by atoms with Gasteiger partial charge in [-0.1, -0.05) is 12.1 Å². The minimum absolute atomic E-state index is 0.0316. The van der Waals surface area contributed by atoms with E-state index in [1.807, 2.05) is 24.3 Å². The van der Waals surface area contributed by atoms with Gasteiger partial charge in [0.25, 0.3) is 0 Å². The first-order chi connectivity index (χ1) is 6.76. The minimum atomic E-state index is -0.277. The number of rotatable bonds is 4. The molecule has 0 unspecified atom stereocenters. The molecule has 2 N–H and O–H groups in total. The zero-order valence-electron chi connectivity index (χ0n) is 8.16. The standard InChI is InChI=1S/C11H14FNO/c1-14-11-6-3-9(4-7-11)2-5-10(12)8-13/h3-7H,2,8,13H2,1H3/b10-5-. The van der Waals surface area contributed by atoms with Gasteiger partial charge in [0.2, 0.25) is 0 Å². The van der Waals surface area contributed by atoms with Crippen LogP contribution in [0.1, 0.15) is 5.56 Å². The van der Waals surface area contributed by atoms with Crippen LogP contribution in [0.3, 0.4) is 0 Å². The first-order valence-corrected chi connectivity index (χ1v) is 4.44. The second-order valence-corrected chi connectivity index (χ2v) is 2.91. The molecule has 0 aliphatic heterocycles. The van der Waals surface area contributed by atoms with Gasteiger partial charge in [0, 0.05) is 6.54 Å². The third-order valence-electron chi connectivity index (χ3n) is 1.91.